The summed E-state index contributed by atoms with van der Waals surface area (Å²) in [5, 5.41) is 8.16. The monoisotopic (exact) mass is 176 g/mol. The van der Waals surface area contributed by atoms with Crippen molar-refractivity contribution < 1.29 is 19.4 Å². The predicted octanol–water partition coefficient (Wildman–Crippen LogP) is 1.89. The highest BCUT2D eigenvalue weighted by Crippen LogP contribution is 1.95. The SMILES string of the molecule is CCCCOC(C)COC(=O)O. The molecule has 0 fully saturated rings. The van der Waals surface area contributed by atoms with Gasteiger partial charge in [-0.3, -0.25) is 0 Å². The van der Waals surface area contributed by atoms with Crippen LogP contribution in [0.25, 0.3) is 0 Å². The minimum absolute atomic E-state index is 0.110. The first kappa shape index (κ1) is 11.2. The molecule has 0 aliphatic carbocycles. The Morgan fingerprint density at radius 1 is 1.58 bits per heavy atom. The lowest BCUT2D eigenvalue weighted by Crippen LogP contribution is -2.18. The first-order chi connectivity index (χ1) is 5.66. The topological polar surface area (TPSA) is 55.8 Å². The fourth-order valence-corrected chi connectivity index (χ4v) is 0.666. The summed E-state index contributed by atoms with van der Waals surface area (Å²) >= 11 is 0. The molecule has 0 rings (SSSR count). The van der Waals surface area contributed by atoms with Crippen LogP contribution in [0, 0.1) is 0 Å². The van der Waals surface area contributed by atoms with Crippen molar-refractivity contribution >= 4 is 6.16 Å². The summed E-state index contributed by atoms with van der Waals surface area (Å²) in [7, 11) is 0. The number of carbonyl (C=O) groups is 1. The summed E-state index contributed by atoms with van der Waals surface area (Å²) in [5.41, 5.74) is 0. The van der Waals surface area contributed by atoms with Crippen LogP contribution in [0.1, 0.15) is 26.7 Å². The van der Waals surface area contributed by atoms with E-state index in [0.29, 0.717) is 6.61 Å². The molecule has 0 aromatic rings. The van der Waals surface area contributed by atoms with Crippen molar-refractivity contribution in [3.05, 3.63) is 0 Å². The van der Waals surface area contributed by atoms with E-state index in [4.69, 9.17) is 9.84 Å². The Hall–Kier alpha value is -0.770. The van der Waals surface area contributed by atoms with E-state index in [2.05, 4.69) is 11.7 Å². The van der Waals surface area contributed by atoms with Crippen LogP contribution in [0.15, 0.2) is 0 Å². The second-order valence-electron chi connectivity index (χ2n) is 2.61. The second kappa shape index (κ2) is 6.91. The first-order valence-corrected chi connectivity index (χ1v) is 4.14. The number of ether oxygens (including phenoxy) is 2. The van der Waals surface area contributed by atoms with Gasteiger partial charge in [0.05, 0.1) is 6.10 Å². The number of rotatable bonds is 6. The van der Waals surface area contributed by atoms with E-state index in [9.17, 15) is 4.79 Å². The third-order valence-corrected chi connectivity index (χ3v) is 1.34. The molecule has 1 N–H and O–H groups in total. The van der Waals surface area contributed by atoms with Crippen molar-refractivity contribution in [1.29, 1.82) is 0 Å². The maximum Gasteiger partial charge on any atom is 0.505 e. The van der Waals surface area contributed by atoms with Crippen molar-refractivity contribution in [2.45, 2.75) is 32.8 Å². The molecule has 0 aromatic heterocycles. The van der Waals surface area contributed by atoms with Crippen LogP contribution in [0.4, 0.5) is 4.79 Å². The minimum atomic E-state index is -1.25. The van der Waals surface area contributed by atoms with Crippen molar-refractivity contribution in [2.24, 2.45) is 0 Å². The zero-order chi connectivity index (χ0) is 9.40. The average molecular weight is 176 g/mol. The largest absolute Gasteiger partial charge is 0.505 e. The fourth-order valence-electron chi connectivity index (χ4n) is 0.666. The van der Waals surface area contributed by atoms with Crippen LogP contribution in [-0.4, -0.2) is 30.6 Å². The Morgan fingerprint density at radius 3 is 2.75 bits per heavy atom. The second-order valence-corrected chi connectivity index (χ2v) is 2.61. The molecule has 0 aliphatic heterocycles. The molecule has 72 valence electrons. The van der Waals surface area contributed by atoms with Gasteiger partial charge in [-0.2, -0.15) is 0 Å². The fraction of sp³-hybridized carbons (Fsp3) is 0.875. The quantitative estimate of drug-likeness (QED) is 0.496. The Balaban J connectivity index is 3.21. The van der Waals surface area contributed by atoms with Crippen molar-refractivity contribution in [2.75, 3.05) is 13.2 Å². The van der Waals surface area contributed by atoms with Crippen LogP contribution in [0.5, 0.6) is 0 Å². The number of hydrogen-bond donors (Lipinski definition) is 1. The van der Waals surface area contributed by atoms with E-state index in [0.717, 1.165) is 12.8 Å². The van der Waals surface area contributed by atoms with E-state index in [1.54, 1.807) is 6.92 Å². The normalized spacial score (nSPS) is 12.5. The van der Waals surface area contributed by atoms with E-state index in [1.807, 2.05) is 0 Å². The Morgan fingerprint density at radius 2 is 2.25 bits per heavy atom. The highest BCUT2D eigenvalue weighted by Gasteiger charge is 2.04. The Labute approximate surface area is 72.5 Å². The Bertz CT molecular complexity index is 124. The molecule has 12 heavy (non-hydrogen) atoms. The molecule has 0 aromatic carbocycles. The van der Waals surface area contributed by atoms with Gasteiger partial charge in [0.2, 0.25) is 0 Å². The zero-order valence-corrected chi connectivity index (χ0v) is 7.58. The maximum absolute atomic E-state index is 9.96. The molecule has 1 atom stereocenters. The van der Waals surface area contributed by atoms with Gasteiger partial charge in [0.25, 0.3) is 0 Å². The molecule has 4 nitrogen and oxygen atoms in total. The van der Waals surface area contributed by atoms with Gasteiger partial charge < -0.3 is 14.6 Å². The van der Waals surface area contributed by atoms with E-state index in [1.165, 1.54) is 0 Å². The molecule has 0 heterocycles. The van der Waals surface area contributed by atoms with Gasteiger partial charge in [0.1, 0.15) is 6.61 Å². The number of carboxylic acid groups (broad SMARTS) is 1. The summed E-state index contributed by atoms with van der Waals surface area (Å²) in [4.78, 5) is 9.96. The first-order valence-electron chi connectivity index (χ1n) is 4.14. The Kier molecular flexibility index (Phi) is 6.47. The molecular formula is C8H16O4. The number of hydrogen-bond acceptors (Lipinski definition) is 3. The summed E-state index contributed by atoms with van der Waals surface area (Å²) in [6.07, 6.45) is 0.679. The molecule has 0 amide bonds. The summed E-state index contributed by atoms with van der Waals surface area (Å²) in [6, 6.07) is 0. The van der Waals surface area contributed by atoms with Gasteiger partial charge in [-0.15, -0.1) is 0 Å². The van der Waals surface area contributed by atoms with Crippen molar-refractivity contribution in [3.8, 4) is 0 Å². The van der Waals surface area contributed by atoms with Gasteiger partial charge in [0, 0.05) is 6.61 Å². The number of unbranched alkanes of at least 4 members (excludes halogenated alkanes) is 1. The third-order valence-electron chi connectivity index (χ3n) is 1.34. The molecule has 4 heteroatoms. The molecule has 0 spiro atoms. The molecule has 0 radical (unpaired) electrons. The average Bonchev–Trinajstić information content (AvgIpc) is 2.01. The molecular weight excluding hydrogens is 160 g/mol. The highest BCUT2D eigenvalue weighted by atomic mass is 16.7. The summed E-state index contributed by atoms with van der Waals surface area (Å²) in [5.74, 6) is 0. The van der Waals surface area contributed by atoms with Gasteiger partial charge >= 0.3 is 6.16 Å². The predicted molar refractivity (Wildman–Crippen MR) is 44.3 cm³/mol. The molecule has 1 unspecified atom stereocenters. The van der Waals surface area contributed by atoms with Crippen molar-refractivity contribution in [3.63, 3.8) is 0 Å². The molecule has 0 aliphatic rings. The van der Waals surface area contributed by atoms with Crippen LogP contribution in [0.3, 0.4) is 0 Å². The smallest absolute Gasteiger partial charge is 0.450 e. The van der Waals surface area contributed by atoms with E-state index < -0.39 is 6.16 Å². The van der Waals surface area contributed by atoms with Crippen LogP contribution in [0.2, 0.25) is 0 Å². The highest BCUT2D eigenvalue weighted by molar-refractivity contribution is 5.56. The van der Waals surface area contributed by atoms with Gasteiger partial charge in [-0.1, -0.05) is 13.3 Å². The third kappa shape index (κ3) is 7.34. The zero-order valence-electron chi connectivity index (χ0n) is 7.58. The standard InChI is InChI=1S/C8H16O4/c1-3-4-5-11-7(2)6-12-8(9)10/h7H,3-6H2,1-2H3,(H,9,10). The van der Waals surface area contributed by atoms with Crippen molar-refractivity contribution in [1.82, 2.24) is 0 Å². The lowest BCUT2D eigenvalue weighted by molar-refractivity contribution is 0.00122. The van der Waals surface area contributed by atoms with Crippen LogP contribution < -0.4 is 0 Å². The minimum Gasteiger partial charge on any atom is -0.450 e. The lowest BCUT2D eigenvalue weighted by Gasteiger charge is -2.11. The van der Waals surface area contributed by atoms with Gasteiger partial charge in [0.15, 0.2) is 0 Å². The maximum atomic E-state index is 9.96. The van der Waals surface area contributed by atoms with E-state index in [-0.39, 0.29) is 12.7 Å². The molecule has 0 bridgehead atoms. The van der Waals surface area contributed by atoms with Crippen LogP contribution >= 0.6 is 0 Å². The summed E-state index contributed by atoms with van der Waals surface area (Å²) < 4.78 is 9.57. The van der Waals surface area contributed by atoms with Gasteiger partial charge in [-0.05, 0) is 13.3 Å². The van der Waals surface area contributed by atoms with Gasteiger partial charge in [-0.25, -0.2) is 4.79 Å². The molecule has 0 saturated carbocycles. The lowest BCUT2D eigenvalue weighted by atomic mass is 10.3. The summed E-state index contributed by atoms with van der Waals surface area (Å²) in [6.45, 7) is 4.64. The molecule has 0 saturated heterocycles. The van der Waals surface area contributed by atoms with Crippen LogP contribution in [-0.2, 0) is 9.47 Å². The van der Waals surface area contributed by atoms with E-state index >= 15 is 0 Å².